The van der Waals surface area contributed by atoms with Crippen molar-refractivity contribution in [2.75, 3.05) is 16.8 Å². The lowest BCUT2D eigenvalue weighted by molar-refractivity contribution is -0.121. The van der Waals surface area contributed by atoms with Crippen molar-refractivity contribution in [3.63, 3.8) is 0 Å². The van der Waals surface area contributed by atoms with Gasteiger partial charge in [-0.25, -0.2) is 0 Å². The Morgan fingerprint density at radius 3 is 2.71 bits per heavy atom. The zero-order valence-corrected chi connectivity index (χ0v) is 15.6. The molecule has 1 aliphatic rings. The van der Waals surface area contributed by atoms with Gasteiger partial charge in [-0.05, 0) is 36.4 Å². The number of amides is 2. The van der Waals surface area contributed by atoms with Crippen LogP contribution < -0.4 is 10.2 Å². The molecule has 0 fully saturated rings. The molecule has 124 valence electrons. The molecule has 6 heteroatoms. The van der Waals surface area contributed by atoms with E-state index in [9.17, 15) is 9.59 Å². The topological polar surface area (TPSA) is 49.4 Å². The van der Waals surface area contributed by atoms with Crippen LogP contribution in [0.25, 0.3) is 0 Å². The van der Waals surface area contributed by atoms with E-state index >= 15 is 0 Å². The molecular weight excluding hydrogens is 388 g/mol. The van der Waals surface area contributed by atoms with Crippen LogP contribution in [-0.2, 0) is 9.59 Å². The second kappa shape index (κ2) is 7.40. The Labute approximate surface area is 153 Å². The molecular formula is C18H17BrN2O2S. The number of anilines is 2. The summed E-state index contributed by atoms with van der Waals surface area (Å²) in [5.41, 5.74) is 1.52. The van der Waals surface area contributed by atoms with Crippen LogP contribution in [0.5, 0.6) is 0 Å². The van der Waals surface area contributed by atoms with Gasteiger partial charge in [-0.15, -0.1) is 11.8 Å². The van der Waals surface area contributed by atoms with Crippen molar-refractivity contribution >= 4 is 50.9 Å². The molecule has 3 rings (SSSR count). The summed E-state index contributed by atoms with van der Waals surface area (Å²) in [5.74, 6) is -0.231. The highest BCUT2D eigenvalue weighted by molar-refractivity contribution is 9.10. The third kappa shape index (κ3) is 3.99. The Kier molecular flexibility index (Phi) is 5.26. The summed E-state index contributed by atoms with van der Waals surface area (Å²) < 4.78 is 0.947. The van der Waals surface area contributed by atoms with E-state index in [4.69, 9.17) is 0 Å². The number of nitrogens with one attached hydrogen (secondary N) is 1. The van der Waals surface area contributed by atoms with Crippen molar-refractivity contribution < 1.29 is 9.59 Å². The number of rotatable bonds is 3. The number of benzene rings is 2. The molecule has 2 aromatic rings. The lowest BCUT2D eigenvalue weighted by Crippen LogP contribution is -2.38. The van der Waals surface area contributed by atoms with Crippen molar-refractivity contribution in [1.82, 2.24) is 0 Å². The molecule has 0 saturated heterocycles. The fraction of sp³-hybridized carbons (Fsp3) is 0.222. The maximum absolute atomic E-state index is 12.5. The molecule has 0 aromatic heterocycles. The van der Waals surface area contributed by atoms with Crippen LogP contribution in [0.2, 0.25) is 0 Å². The molecule has 0 aliphatic carbocycles. The molecule has 1 N–H and O–H groups in total. The summed E-state index contributed by atoms with van der Waals surface area (Å²) in [7, 11) is 0. The largest absolute Gasteiger partial charge is 0.325 e. The molecule has 2 aromatic carbocycles. The minimum Gasteiger partial charge on any atom is -0.325 e. The van der Waals surface area contributed by atoms with Gasteiger partial charge in [0, 0.05) is 26.7 Å². The number of carbonyl (C=O) groups is 2. The van der Waals surface area contributed by atoms with Crippen molar-refractivity contribution in [1.29, 1.82) is 0 Å². The van der Waals surface area contributed by atoms with Gasteiger partial charge in [0.05, 0.1) is 5.69 Å². The Morgan fingerprint density at radius 2 is 1.96 bits per heavy atom. The van der Waals surface area contributed by atoms with Crippen LogP contribution in [0.15, 0.2) is 57.9 Å². The minimum atomic E-state index is -0.208. The molecule has 4 nitrogen and oxygen atoms in total. The summed E-state index contributed by atoms with van der Waals surface area (Å²) in [5, 5.41) is 3.03. The highest BCUT2D eigenvalue weighted by Crippen LogP contribution is 2.37. The van der Waals surface area contributed by atoms with E-state index in [0.717, 1.165) is 15.1 Å². The summed E-state index contributed by atoms with van der Waals surface area (Å²) in [6.45, 7) is 2.05. The Hall–Kier alpha value is -1.79. The van der Waals surface area contributed by atoms with Crippen molar-refractivity contribution in [3.05, 3.63) is 53.0 Å². The number of thioether (sulfide) groups is 1. The van der Waals surface area contributed by atoms with Crippen LogP contribution >= 0.6 is 27.7 Å². The fourth-order valence-electron chi connectivity index (χ4n) is 2.58. The molecule has 0 radical (unpaired) electrons. The predicted octanol–water partition coefficient (Wildman–Crippen LogP) is 4.31. The Morgan fingerprint density at radius 1 is 1.25 bits per heavy atom. The Bertz CT molecular complexity index is 764. The molecule has 1 atom stereocenters. The second-order valence-electron chi connectivity index (χ2n) is 5.64. The van der Waals surface area contributed by atoms with Gasteiger partial charge in [-0.2, -0.15) is 0 Å². The SMILES string of the molecule is C[C@H]1CC(=O)N(CC(=O)Nc2ccc(Br)cc2)c2ccccc2S1. The van der Waals surface area contributed by atoms with E-state index in [0.29, 0.717) is 12.1 Å². The molecule has 1 aliphatic heterocycles. The summed E-state index contributed by atoms with van der Waals surface area (Å²) in [6, 6.07) is 15.1. The second-order valence-corrected chi connectivity index (χ2v) is 8.03. The molecule has 0 saturated carbocycles. The van der Waals surface area contributed by atoms with E-state index in [2.05, 4.69) is 21.2 Å². The smallest absolute Gasteiger partial charge is 0.244 e. The first-order valence-electron chi connectivity index (χ1n) is 7.64. The number of nitrogens with zero attached hydrogens (tertiary/aromatic N) is 1. The molecule has 0 bridgehead atoms. The summed E-state index contributed by atoms with van der Waals surface area (Å²) in [6.07, 6.45) is 0.422. The van der Waals surface area contributed by atoms with Crippen LogP contribution in [0.4, 0.5) is 11.4 Å². The normalized spacial score (nSPS) is 17.2. The third-order valence-corrected chi connectivity index (χ3v) is 5.37. The van der Waals surface area contributed by atoms with Gasteiger partial charge in [0.15, 0.2) is 0 Å². The molecule has 24 heavy (non-hydrogen) atoms. The van der Waals surface area contributed by atoms with E-state index in [1.165, 1.54) is 0 Å². The van der Waals surface area contributed by atoms with Gasteiger partial charge in [0.1, 0.15) is 6.54 Å². The van der Waals surface area contributed by atoms with Gasteiger partial charge in [-0.3, -0.25) is 9.59 Å². The maximum Gasteiger partial charge on any atom is 0.244 e. The molecule has 0 spiro atoms. The average Bonchev–Trinajstić information content (AvgIpc) is 2.66. The van der Waals surface area contributed by atoms with Crippen LogP contribution in [0, 0.1) is 0 Å². The van der Waals surface area contributed by atoms with Crippen molar-refractivity contribution in [2.24, 2.45) is 0 Å². The lowest BCUT2D eigenvalue weighted by Gasteiger charge is -2.22. The van der Waals surface area contributed by atoms with Crippen LogP contribution in [0.3, 0.4) is 0 Å². The number of para-hydroxylation sites is 1. The quantitative estimate of drug-likeness (QED) is 0.828. The number of hydrogen-bond donors (Lipinski definition) is 1. The molecule has 2 amide bonds. The number of fused-ring (bicyclic) bond motifs is 1. The minimum absolute atomic E-state index is 0.0131. The zero-order chi connectivity index (χ0) is 17.1. The predicted molar refractivity (Wildman–Crippen MR) is 102 cm³/mol. The molecule has 1 heterocycles. The number of halogens is 1. The van der Waals surface area contributed by atoms with Crippen molar-refractivity contribution in [3.8, 4) is 0 Å². The van der Waals surface area contributed by atoms with Crippen LogP contribution in [0.1, 0.15) is 13.3 Å². The fourth-order valence-corrected chi connectivity index (χ4v) is 3.96. The van der Waals surface area contributed by atoms with E-state index < -0.39 is 0 Å². The Balaban J connectivity index is 1.78. The summed E-state index contributed by atoms with van der Waals surface area (Å²) in [4.78, 5) is 27.6. The highest BCUT2D eigenvalue weighted by Gasteiger charge is 2.27. The monoisotopic (exact) mass is 404 g/mol. The first-order valence-corrected chi connectivity index (χ1v) is 9.31. The van der Waals surface area contributed by atoms with Crippen molar-refractivity contribution in [2.45, 2.75) is 23.5 Å². The van der Waals surface area contributed by atoms with Gasteiger partial charge >= 0.3 is 0 Å². The standard InChI is InChI=1S/C18H17BrN2O2S/c1-12-10-18(23)21(15-4-2-3-5-16(15)24-12)11-17(22)20-14-8-6-13(19)7-9-14/h2-9,12H,10-11H2,1H3,(H,20,22)/t12-/m0/s1. The van der Waals surface area contributed by atoms with Gasteiger partial charge in [0.2, 0.25) is 11.8 Å². The first-order chi connectivity index (χ1) is 11.5. The third-order valence-electron chi connectivity index (χ3n) is 3.68. The van der Waals surface area contributed by atoms with Crippen LogP contribution in [-0.4, -0.2) is 23.6 Å². The van der Waals surface area contributed by atoms with Gasteiger partial charge in [0.25, 0.3) is 0 Å². The number of hydrogen-bond acceptors (Lipinski definition) is 3. The first kappa shape index (κ1) is 17.0. The maximum atomic E-state index is 12.5. The van der Waals surface area contributed by atoms with Gasteiger partial charge < -0.3 is 10.2 Å². The van der Waals surface area contributed by atoms with E-state index in [1.807, 2.05) is 55.5 Å². The molecule has 0 unspecified atom stereocenters. The average molecular weight is 405 g/mol. The summed E-state index contributed by atoms with van der Waals surface area (Å²) >= 11 is 5.04. The zero-order valence-electron chi connectivity index (χ0n) is 13.2. The number of carbonyl (C=O) groups excluding carboxylic acids is 2. The van der Waals surface area contributed by atoms with E-state index in [1.54, 1.807) is 16.7 Å². The highest BCUT2D eigenvalue weighted by atomic mass is 79.9. The van der Waals surface area contributed by atoms with Gasteiger partial charge in [-0.1, -0.05) is 35.0 Å². The van der Waals surface area contributed by atoms with E-state index in [-0.39, 0.29) is 23.6 Å². The lowest BCUT2D eigenvalue weighted by atomic mass is 10.2.